The van der Waals surface area contributed by atoms with E-state index in [1.54, 1.807) is 12.4 Å². The minimum absolute atomic E-state index is 0. The van der Waals surface area contributed by atoms with Gasteiger partial charge in [0, 0.05) is 29.2 Å². The van der Waals surface area contributed by atoms with Gasteiger partial charge in [0.15, 0.2) is 0 Å². The summed E-state index contributed by atoms with van der Waals surface area (Å²) in [5.74, 6) is 0. The molecule has 0 bridgehead atoms. The third-order valence-corrected chi connectivity index (χ3v) is 5.62. The van der Waals surface area contributed by atoms with Crippen LogP contribution in [0.1, 0.15) is 52.8 Å². The summed E-state index contributed by atoms with van der Waals surface area (Å²) in [6.07, 6.45) is 7.04. The zero-order valence-corrected chi connectivity index (χ0v) is 24.2. The van der Waals surface area contributed by atoms with Crippen LogP contribution in [0, 0.1) is 0 Å². The molecule has 4 heterocycles. The molecule has 8 heteroatoms. The molecule has 0 unspecified atom stereocenters. The van der Waals surface area contributed by atoms with Crippen molar-refractivity contribution < 1.29 is 21.1 Å². The molecule has 0 fully saturated rings. The molecule has 0 radical (unpaired) electrons. The first-order valence-electron chi connectivity index (χ1n) is 11.9. The molecule has 0 aliphatic carbocycles. The second kappa shape index (κ2) is 11.7. The van der Waals surface area contributed by atoms with E-state index in [1.807, 2.05) is 54.9 Å². The van der Waals surface area contributed by atoms with Gasteiger partial charge in [-0.2, -0.15) is 0 Å². The fraction of sp³-hybridized carbons (Fsp3) is 0.276. The molecular weight excluding hydrogens is 641 g/mol. The summed E-state index contributed by atoms with van der Waals surface area (Å²) in [7, 11) is 0. The molecule has 192 valence electrons. The minimum Gasteiger partial charge on any atom is -0.573 e. The number of hydrogen-bond acceptors (Lipinski definition) is 5. The van der Waals surface area contributed by atoms with Gasteiger partial charge >= 0.3 is 21.1 Å². The molecule has 0 aliphatic rings. The predicted octanol–water partition coefficient (Wildman–Crippen LogP) is 5.86. The van der Waals surface area contributed by atoms with E-state index >= 15 is 0 Å². The fourth-order valence-corrected chi connectivity index (χ4v) is 3.42. The van der Waals surface area contributed by atoms with E-state index in [-0.39, 0.29) is 31.9 Å². The molecule has 0 N–H and O–H groups in total. The molecular formula is C29H31N7Pt. The Morgan fingerprint density at radius 2 is 1.22 bits per heavy atom. The Balaban J connectivity index is 0.000000293. The molecule has 0 spiro atoms. The van der Waals surface area contributed by atoms with Crippen LogP contribution in [0.4, 0.5) is 0 Å². The first-order chi connectivity index (χ1) is 17.1. The van der Waals surface area contributed by atoms with Crippen molar-refractivity contribution in [3.63, 3.8) is 0 Å². The first-order valence-corrected chi connectivity index (χ1v) is 11.9. The first kappa shape index (κ1) is 28.1. The van der Waals surface area contributed by atoms with Crippen LogP contribution < -0.4 is 10.2 Å². The molecule has 37 heavy (non-hydrogen) atoms. The Morgan fingerprint density at radius 3 is 1.76 bits per heavy atom. The zero-order chi connectivity index (χ0) is 25.8. The summed E-state index contributed by atoms with van der Waals surface area (Å²) in [5.41, 5.74) is 7.04. The number of pyridine rings is 1. The average molecular weight is 673 g/mol. The molecule has 7 nitrogen and oxygen atoms in total. The predicted molar refractivity (Wildman–Crippen MR) is 142 cm³/mol. The SMILES string of the molecule is CC(C)(C)c1cc(-c2cncc(-c3cc(-c4ccccc4)n[n-]3)n2)[n-]n1.CC(C)(C)c1ccncc1.[Pt+2]. The minimum atomic E-state index is -0.0575. The van der Waals surface area contributed by atoms with E-state index in [0.717, 1.165) is 17.0 Å². The Hall–Kier alpha value is -3.44. The number of hydrogen-bond donors (Lipinski definition) is 0. The molecule has 4 aromatic heterocycles. The van der Waals surface area contributed by atoms with Crippen molar-refractivity contribution in [3.05, 3.63) is 90.6 Å². The van der Waals surface area contributed by atoms with Crippen LogP contribution in [0.25, 0.3) is 34.0 Å². The molecule has 0 saturated carbocycles. The van der Waals surface area contributed by atoms with Crippen LogP contribution in [0.15, 0.2) is 79.4 Å². The summed E-state index contributed by atoms with van der Waals surface area (Å²) in [5, 5.41) is 17.0. The maximum absolute atomic E-state index is 4.65. The van der Waals surface area contributed by atoms with Gasteiger partial charge in [0.2, 0.25) is 0 Å². The van der Waals surface area contributed by atoms with Gasteiger partial charge in [-0.15, -0.1) is 0 Å². The number of aromatic nitrogens is 7. The second-order valence-corrected chi connectivity index (χ2v) is 10.6. The molecule has 1 aromatic carbocycles. The summed E-state index contributed by atoms with van der Waals surface area (Å²) < 4.78 is 0. The van der Waals surface area contributed by atoms with Gasteiger partial charge in [-0.3, -0.25) is 9.97 Å². The van der Waals surface area contributed by atoms with Crippen LogP contribution in [0.2, 0.25) is 0 Å². The van der Waals surface area contributed by atoms with E-state index < -0.39 is 0 Å². The molecule has 0 saturated heterocycles. The van der Waals surface area contributed by atoms with Crippen LogP contribution in [0.5, 0.6) is 0 Å². The van der Waals surface area contributed by atoms with E-state index in [9.17, 15) is 0 Å². The van der Waals surface area contributed by atoms with Gasteiger partial charge in [-0.05, 0) is 34.7 Å². The van der Waals surface area contributed by atoms with Crippen molar-refractivity contribution >= 4 is 0 Å². The summed E-state index contributed by atoms with van der Waals surface area (Å²) >= 11 is 0. The van der Waals surface area contributed by atoms with Gasteiger partial charge in [0.05, 0.1) is 23.8 Å². The fourth-order valence-electron chi connectivity index (χ4n) is 3.42. The summed E-state index contributed by atoms with van der Waals surface area (Å²) in [6, 6.07) is 17.9. The molecule has 0 aliphatic heterocycles. The van der Waals surface area contributed by atoms with Crippen molar-refractivity contribution in [1.82, 2.24) is 35.3 Å². The van der Waals surface area contributed by atoms with E-state index in [1.165, 1.54) is 5.56 Å². The van der Waals surface area contributed by atoms with Crippen molar-refractivity contribution in [1.29, 1.82) is 0 Å². The zero-order valence-electron chi connectivity index (χ0n) is 22.0. The smallest absolute Gasteiger partial charge is 0.573 e. The Morgan fingerprint density at radius 1 is 0.622 bits per heavy atom. The third-order valence-electron chi connectivity index (χ3n) is 5.62. The van der Waals surface area contributed by atoms with Crippen molar-refractivity contribution in [2.75, 3.05) is 0 Å². The van der Waals surface area contributed by atoms with E-state index in [2.05, 4.69) is 89.0 Å². The number of nitrogens with zero attached hydrogens (tertiary/aromatic N) is 7. The van der Waals surface area contributed by atoms with E-state index in [0.29, 0.717) is 22.8 Å². The molecule has 5 rings (SSSR count). The van der Waals surface area contributed by atoms with Crippen molar-refractivity contribution in [3.8, 4) is 34.0 Å². The number of benzene rings is 1. The number of rotatable bonds is 3. The standard InChI is InChI=1S/C20H18N6.C9H13N.Pt/c1-20(2,3)19-10-16(25-26-19)18-12-21-11-17(22-18)15-9-14(23-24-15)13-7-5-4-6-8-13;1-9(2,3)8-4-6-10-7-5-8;/h4-12H,1-3H3;4-7H,1-3H3;/q-2;;+2. The normalized spacial score (nSPS) is 11.3. The largest absolute Gasteiger partial charge is 2.00 e. The van der Waals surface area contributed by atoms with Gasteiger partial charge < -0.3 is 20.4 Å². The van der Waals surface area contributed by atoms with Crippen molar-refractivity contribution in [2.45, 2.75) is 52.4 Å². The maximum atomic E-state index is 4.65. The summed E-state index contributed by atoms with van der Waals surface area (Å²) in [4.78, 5) is 12.9. The topological polar surface area (TPSA) is 92.7 Å². The molecule has 0 amide bonds. The van der Waals surface area contributed by atoms with Crippen LogP contribution in [-0.4, -0.2) is 25.1 Å². The third kappa shape index (κ3) is 7.29. The van der Waals surface area contributed by atoms with Gasteiger partial charge in [-0.25, -0.2) is 4.98 Å². The van der Waals surface area contributed by atoms with Gasteiger partial charge in [0.1, 0.15) is 0 Å². The summed E-state index contributed by atoms with van der Waals surface area (Å²) in [6.45, 7) is 12.9. The van der Waals surface area contributed by atoms with Crippen molar-refractivity contribution in [2.24, 2.45) is 0 Å². The second-order valence-electron chi connectivity index (χ2n) is 10.6. The molecule has 5 aromatic rings. The quantitative estimate of drug-likeness (QED) is 0.237. The average Bonchev–Trinajstić information content (AvgIpc) is 3.56. The Bertz CT molecular complexity index is 1400. The van der Waals surface area contributed by atoms with Gasteiger partial charge in [-0.1, -0.05) is 89.3 Å². The van der Waals surface area contributed by atoms with E-state index in [4.69, 9.17) is 0 Å². The Labute approximate surface area is 232 Å². The molecule has 0 atom stereocenters. The monoisotopic (exact) mass is 672 g/mol. The Kier molecular flexibility index (Phi) is 8.93. The van der Waals surface area contributed by atoms with Crippen LogP contribution >= 0.6 is 0 Å². The maximum Gasteiger partial charge on any atom is 2.00 e. The van der Waals surface area contributed by atoms with Crippen LogP contribution in [0.3, 0.4) is 0 Å². The van der Waals surface area contributed by atoms with Crippen LogP contribution in [-0.2, 0) is 31.9 Å². The van der Waals surface area contributed by atoms with Gasteiger partial charge in [0.25, 0.3) is 0 Å².